The van der Waals surface area contributed by atoms with Gasteiger partial charge in [0.05, 0.1) is 11.3 Å². The number of sulfonamides is 1. The molecule has 1 fully saturated rings. The monoisotopic (exact) mass is 458 g/mol. The Hall–Kier alpha value is -3.34. The predicted octanol–water partition coefficient (Wildman–Crippen LogP) is -0.00520. The van der Waals surface area contributed by atoms with Crippen LogP contribution in [0.25, 0.3) is 0 Å². The van der Waals surface area contributed by atoms with Crippen molar-refractivity contribution in [2.24, 2.45) is 4.40 Å². The quantitative estimate of drug-likeness (QED) is 0.614. The fourth-order valence-corrected chi connectivity index (χ4v) is 4.95. The van der Waals surface area contributed by atoms with Crippen molar-refractivity contribution in [2.75, 3.05) is 45.1 Å². The van der Waals surface area contributed by atoms with Crippen molar-refractivity contribution in [2.45, 2.75) is 6.10 Å². The average molecular weight is 458 g/mol. The summed E-state index contributed by atoms with van der Waals surface area (Å²) >= 11 is 0. The van der Waals surface area contributed by atoms with Gasteiger partial charge in [0.1, 0.15) is 12.4 Å². The van der Waals surface area contributed by atoms with Crippen LogP contribution in [0.1, 0.15) is 0 Å². The summed E-state index contributed by atoms with van der Waals surface area (Å²) in [6.07, 6.45) is 4.06. The van der Waals surface area contributed by atoms with Crippen molar-refractivity contribution in [3.05, 3.63) is 48.2 Å². The number of piperazine rings is 1. The normalized spacial score (nSPS) is 23.8. The molecule has 4 aliphatic rings. The molecule has 0 saturated carbocycles. The molecule has 0 bridgehead atoms. The number of nitrogens with zero attached hydrogens (tertiary/aromatic N) is 4. The Bertz CT molecular complexity index is 1150. The fourth-order valence-electron chi connectivity index (χ4n) is 3.98. The van der Waals surface area contributed by atoms with Gasteiger partial charge in [-0.2, -0.15) is 0 Å². The van der Waals surface area contributed by atoms with Gasteiger partial charge in [-0.05, 0) is 24.3 Å². The first-order chi connectivity index (χ1) is 15.4. The van der Waals surface area contributed by atoms with Crippen LogP contribution in [0, 0.1) is 0 Å². The minimum atomic E-state index is -3.44. The van der Waals surface area contributed by atoms with Crippen LogP contribution in [0.4, 0.5) is 0 Å². The Kier molecular flexibility index (Phi) is 5.12. The SMILES string of the molecule is O=C(C1=CN2CCS(=O)(=O)N=C2C=C1)N1CCN(C(=O)[C@H]2COc3ccccc3O2)CC1. The smallest absolute Gasteiger partial charge is 0.267 e. The summed E-state index contributed by atoms with van der Waals surface area (Å²) in [5.41, 5.74) is 0.462. The molecule has 1 aromatic carbocycles. The van der Waals surface area contributed by atoms with Crippen LogP contribution in [0.5, 0.6) is 11.5 Å². The zero-order valence-corrected chi connectivity index (χ0v) is 18.0. The van der Waals surface area contributed by atoms with E-state index in [0.717, 1.165) is 0 Å². The van der Waals surface area contributed by atoms with Gasteiger partial charge in [-0.25, -0.2) is 8.42 Å². The van der Waals surface area contributed by atoms with Crippen molar-refractivity contribution in [1.82, 2.24) is 14.7 Å². The molecule has 0 aliphatic carbocycles. The van der Waals surface area contributed by atoms with Gasteiger partial charge in [0.25, 0.3) is 21.8 Å². The van der Waals surface area contributed by atoms with Crippen LogP contribution >= 0.6 is 0 Å². The van der Waals surface area contributed by atoms with Gasteiger partial charge in [0.2, 0.25) is 6.10 Å². The largest absolute Gasteiger partial charge is 0.485 e. The molecule has 5 rings (SSSR count). The molecule has 32 heavy (non-hydrogen) atoms. The minimum absolute atomic E-state index is 0.0828. The van der Waals surface area contributed by atoms with Gasteiger partial charge in [-0.15, -0.1) is 4.40 Å². The summed E-state index contributed by atoms with van der Waals surface area (Å²) in [6.45, 7) is 2.01. The van der Waals surface area contributed by atoms with Gasteiger partial charge in [0, 0.05) is 38.9 Å². The summed E-state index contributed by atoms with van der Waals surface area (Å²) in [5, 5.41) is 0. The first-order valence-electron chi connectivity index (χ1n) is 10.4. The number of carbonyl (C=O) groups is 2. The van der Waals surface area contributed by atoms with Gasteiger partial charge in [0.15, 0.2) is 11.5 Å². The molecule has 0 N–H and O–H groups in total. The summed E-state index contributed by atoms with van der Waals surface area (Å²) < 4.78 is 38.4. The van der Waals surface area contributed by atoms with E-state index in [1.807, 2.05) is 12.1 Å². The molecule has 1 aromatic rings. The lowest BCUT2D eigenvalue weighted by atomic mass is 10.1. The highest BCUT2D eigenvalue weighted by atomic mass is 32.2. The number of rotatable bonds is 2. The number of fused-ring (bicyclic) bond motifs is 2. The van der Waals surface area contributed by atoms with Gasteiger partial charge >= 0.3 is 0 Å². The van der Waals surface area contributed by atoms with Gasteiger partial charge in [-0.1, -0.05) is 12.1 Å². The standard InChI is InChI=1S/C21H22N4O6S/c26-20(15-5-6-19-22-32(28,29)12-11-25(19)13-15)23-7-9-24(10-8-23)21(27)18-14-30-16-3-1-2-4-17(16)31-18/h1-6,13,18H,7-12,14H2/t18-/m1/s1. The van der Waals surface area contributed by atoms with E-state index >= 15 is 0 Å². The molecular formula is C21H22N4O6S. The zero-order chi connectivity index (χ0) is 22.3. The zero-order valence-electron chi connectivity index (χ0n) is 17.2. The molecule has 1 saturated heterocycles. The lowest BCUT2D eigenvalue weighted by molar-refractivity contribution is -0.145. The van der Waals surface area contributed by atoms with Crippen molar-refractivity contribution >= 4 is 27.7 Å². The van der Waals surface area contributed by atoms with Crippen LogP contribution < -0.4 is 9.47 Å². The minimum Gasteiger partial charge on any atom is -0.485 e. The molecule has 0 aromatic heterocycles. The molecule has 0 unspecified atom stereocenters. The maximum Gasteiger partial charge on any atom is 0.267 e. The summed E-state index contributed by atoms with van der Waals surface area (Å²) in [7, 11) is -3.44. The van der Waals surface area contributed by atoms with Crippen molar-refractivity contribution in [3.63, 3.8) is 0 Å². The Balaban J connectivity index is 1.18. The van der Waals surface area contributed by atoms with Gasteiger partial charge in [-0.3, -0.25) is 9.59 Å². The van der Waals surface area contributed by atoms with E-state index in [2.05, 4.69) is 4.40 Å². The third-order valence-corrected chi connectivity index (χ3v) is 6.90. The second kappa shape index (κ2) is 7.97. The molecule has 4 heterocycles. The third-order valence-electron chi connectivity index (χ3n) is 5.73. The highest BCUT2D eigenvalue weighted by Gasteiger charge is 2.34. The molecule has 10 nitrogen and oxygen atoms in total. The van der Waals surface area contributed by atoms with Crippen LogP contribution in [0.2, 0.25) is 0 Å². The molecule has 0 spiro atoms. The van der Waals surface area contributed by atoms with Crippen LogP contribution in [0.15, 0.2) is 52.6 Å². The second-order valence-electron chi connectivity index (χ2n) is 7.83. The van der Waals surface area contributed by atoms with Crippen LogP contribution in [-0.4, -0.2) is 92.0 Å². The maximum absolute atomic E-state index is 12.9. The molecular weight excluding hydrogens is 436 g/mol. The number of ether oxygens (including phenoxy) is 2. The Morgan fingerprint density at radius 2 is 1.69 bits per heavy atom. The Morgan fingerprint density at radius 3 is 2.47 bits per heavy atom. The number of amides is 2. The number of para-hydroxylation sites is 2. The third kappa shape index (κ3) is 3.95. The van der Waals surface area contributed by atoms with E-state index in [4.69, 9.17) is 9.47 Å². The van der Waals surface area contributed by atoms with Crippen molar-refractivity contribution in [1.29, 1.82) is 0 Å². The highest BCUT2D eigenvalue weighted by Crippen LogP contribution is 2.31. The Morgan fingerprint density at radius 1 is 0.969 bits per heavy atom. The van der Waals surface area contributed by atoms with E-state index in [1.54, 1.807) is 45.2 Å². The van der Waals surface area contributed by atoms with Crippen LogP contribution in [-0.2, 0) is 19.6 Å². The molecule has 1 atom stereocenters. The fraction of sp³-hybridized carbons (Fsp3) is 0.381. The lowest BCUT2D eigenvalue weighted by Gasteiger charge is -2.37. The molecule has 168 valence electrons. The number of amidine groups is 1. The van der Waals surface area contributed by atoms with E-state index in [9.17, 15) is 18.0 Å². The lowest BCUT2D eigenvalue weighted by Crippen LogP contribution is -2.55. The first-order valence-corrected chi connectivity index (χ1v) is 12.0. The van der Waals surface area contributed by atoms with Crippen molar-refractivity contribution < 1.29 is 27.5 Å². The van der Waals surface area contributed by atoms with E-state index in [-0.39, 0.29) is 30.7 Å². The summed E-state index contributed by atoms with van der Waals surface area (Å²) in [5.74, 6) is 1.10. The summed E-state index contributed by atoms with van der Waals surface area (Å²) in [6, 6.07) is 7.24. The van der Waals surface area contributed by atoms with Gasteiger partial charge < -0.3 is 24.2 Å². The maximum atomic E-state index is 12.9. The van der Waals surface area contributed by atoms with E-state index in [1.165, 1.54) is 0 Å². The van der Waals surface area contributed by atoms with Crippen molar-refractivity contribution in [3.8, 4) is 11.5 Å². The molecule has 2 amide bonds. The molecule has 0 radical (unpaired) electrons. The topological polar surface area (TPSA) is 109 Å². The van der Waals surface area contributed by atoms with E-state index in [0.29, 0.717) is 49.1 Å². The number of hydrogen-bond donors (Lipinski definition) is 0. The number of hydrogen-bond acceptors (Lipinski definition) is 7. The summed E-state index contributed by atoms with van der Waals surface area (Å²) in [4.78, 5) is 30.9. The molecule has 11 heteroatoms. The van der Waals surface area contributed by atoms with E-state index < -0.39 is 16.1 Å². The number of carbonyl (C=O) groups excluding carboxylic acids is 2. The number of benzene rings is 1. The second-order valence-corrected chi connectivity index (χ2v) is 9.58. The highest BCUT2D eigenvalue weighted by molar-refractivity contribution is 7.90. The molecule has 4 aliphatic heterocycles. The Labute approximate surface area is 185 Å². The van der Waals surface area contributed by atoms with Crippen LogP contribution in [0.3, 0.4) is 0 Å². The average Bonchev–Trinajstić information content (AvgIpc) is 2.82. The predicted molar refractivity (Wildman–Crippen MR) is 115 cm³/mol. The first kappa shape index (κ1) is 20.6.